The van der Waals surface area contributed by atoms with Crippen LogP contribution in [0.2, 0.25) is 0 Å². The number of aliphatic hydroxyl groups excluding tert-OH is 1. The Morgan fingerprint density at radius 2 is 1.76 bits per heavy atom. The predicted molar refractivity (Wildman–Crippen MR) is 63.9 cm³/mol. The minimum Gasteiger partial charge on any atom is -0.428 e. The minimum absolute atomic E-state index is 0.392. The maximum atomic E-state index is 11.4. The highest BCUT2D eigenvalue weighted by molar-refractivity contribution is 5.64. The molecule has 1 unspecified atom stereocenters. The molecule has 0 saturated heterocycles. The van der Waals surface area contributed by atoms with Gasteiger partial charge in [-0.3, -0.25) is 0 Å². The SMILES string of the molecule is CC(O)c1ccc(OC(=O)OC(C)(C)C)cc1. The molecule has 0 aliphatic rings. The third-order valence-electron chi connectivity index (χ3n) is 1.95. The molecule has 94 valence electrons. The van der Waals surface area contributed by atoms with Gasteiger partial charge in [0.05, 0.1) is 6.10 Å². The summed E-state index contributed by atoms with van der Waals surface area (Å²) in [6, 6.07) is 6.63. The summed E-state index contributed by atoms with van der Waals surface area (Å²) in [5.74, 6) is 0.392. The summed E-state index contributed by atoms with van der Waals surface area (Å²) in [7, 11) is 0. The number of benzene rings is 1. The van der Waals surface area contributed by atoms with E-state index in [2.05, 4.69) is 0 Å². The van der Waals surface area contributed by atoms with Gasteiger partial charge in [-0.25, -0.2) is 4.79 Å². The fourth-order valence-corrected chi connectivity index (χ4v) is 1.18. The molecule has 1 N–H and O–H groups in total. The molecule has 0 aliphatic carbocycles. The van der Waals surface area contributed by atoms with Crippen molar-refractivity contribution in [2.24, 2.45) is 0 Å². The molecular weight excluding hydrogens is 220 g/mol. The van der Waals surface area contributed by atoms with Gasteiger partial charge in [-0.2, -0.15) is 0 Å². The molecule has 0 bridgehead atoms. The Hall–Kier alpha value is -1.55. The minimum atomic E-state index is -0.734. The Balaban J connectivity index is 2.61. The lowest BCUT2D eigenvalue weighted by molar-refractivity contribution is 0.0206. The first-order valence-corrected chi connectivity index (χ1v) is 5.47. The Bertz CT molecular complexity index is 373. The van der Waals surface area contributed by atoms with Crippen molar-refractivity contribution in [1.29, 1.82) is 0 Å². The monoisotopic (exact) mass is 238 g/mol. The number of ether oxygens (including phenoxy) is 2. The van der Waals surface area contributed by atoms with E-state index in [4.69, 9.17) is 9.47 Å². The van der Waals surface area contributed by atoms with Crippen LogP contribution in [0, 0.1) is 0 Å². The second kappa shape index (κ2) is 5.19. The quantitative estimate of drug-likeness (QED) is 0.635. The molecule has 0 heterocycles. The normalized spacial score (nSPS) is 13.0. The van der Waals surface area contributed by atoms with Crippen molar-refractivity contribution in [2.45, 2.75) is 39.4 Å². The molecule has 0 saturated carbocycles. The van der Waals surface area contributed by atoms with Gasteiger partial charge < -0.3 is 14.6 Å². The number of aliphatic hydroxyl groups is 1. The van der Waals surface area contributed by atoms with Gasteiger partial charge in [-0.1, -0.05) is 12.1 Å². The summed E-state index contributed by atoms with van der Waals surface area (Å²) in [6.45, 7) is 6.98. The van der Waals surface area contributed by atoms with E-state index in [1.807, 2.05) is 0 Å². The summed E-state index contributed by atoms with van der Waals surface area (Å²) in [6.07, 6.45) is -1.27. The Kier molecular flexibility index (Phi) is 4.12. The Labute approximate surface area is 101 Å². The van der Waals surface area contributed by atoms with Crippen LogP contribution in [0.4, 0.5) is 4.79 Å². The number of hydrogen-bond acceptors (Lipinski definition) is 4. The Morgan fingerprint density at radius 1 is 1.24 bits per heavy atom. The molecule has 1 rings (SSSR count). The molecule has 0 aromatic heterocycles. The van der Waals surface area contributed by atoms with Crippen LogP contribution in [0.15, 0.2) is 24.3 Å². The van der Waals surface area contributed by atoms with Gasteiger partial charge in [0.15, 0.2) is 0 Å². The molecule has 0 amide bonds. The molecule has 1 aromatic rings. The maximum Gasteiger partial charge on any atom is 0.514 e. The number of hydrogen-bond donors (Lipinski definition) is 1. The highest BCUT2D eigenvalue weighted by atomic mass is 16.7. The van der Waals surface area contributed by atoms with Crippen LogP contribution in [0.25, 0.3) is 0 Å². The highest BCUT2D eigenvalue weighted by Crippen LogP contribution is 2.18. The molecule has 17 heavy (non-hydrogen) atoms. The molecule has 0 spiro atoms. The lowest BCUT2D eigenvalue weighted by Gasteiger charge is -2.18. The summed E-state index contributed by atoms with van der Waals surface area (Å²) >= 11 is 0. The summed E-state index contributed by atoms with van der Waals surface area (Å²) < 4.78 is 9.99. The van der Waals surface area contributed by atoms with E-state index in [0.29, 0.717) is 5.75 Å². The first kappa shape index (κ1) is 13.5. The third kappa shape index (κ3) is 4.87. The van der Waals surface area contributed by atoms with Crippen molar-refractivity contribution in [3.8, 4) is 5.75 Å². The van der Waals surface area contributed by atoms with E-state index >= 15 is 0 Å². The molecule has 0 aliphatic heterocycles. The molecule has 1 atom stereocenters. The van der Waals surface area contributed by atoms with Crippen LogP contribution >= 0.6 is 0 Å². The van der Waals surface area contributed by atoms with E-state index < -0.39 is 17.9 Å². The molecule has 4 nitrogen and oxygen atoms in total. The third-order valence-corrected chi connectivity index (χ3v) is 1.95. The second-order valence-electron chi connectivity index (χ2n) is 4.81. The van der Waals surface area contributed by atoms with Crippen molar-refractivity contribution in [2.75, 3.05) is 0 Å². The van der Waals surface area contributed by atoms with Gasteiger partial charge in [0, 0.05) is 0 Å². The van der Waals surface area contributed by atoms with Crippen LogP contribution in [-0.2, 0) is 4.74 Å². The maximum absolute atomic E-state index is 11.4. The number of rotatable bonds is 2. The lowest BCUT2D eigenvalue weighted by atomic mass is 10.1. The van der Waals surface area contributed by atoms with Crippen molar-refractivity contribution < 1.29 is 19.4 Å². The average molecular weight is 238 g/mol. The van der Waals surface area contributed by atoms with Crippen molar-refractivity contribution in [1.82, 2.24) is 0 Å². The summed E-state index contributed by atoms with van der Waals surface area (Å²) in [4.78, 5) is 11.4. The standard InChI is InChI=1S/C13H18O4/c1-9(14)10-5-7-11(8-6-10)16-12(15)17-13(2,3)4/h5-9,14H,1-4H3. The Morgan fingerprint density at radius 3 is 2.18 bits per heavy atom. The van der Waals surface area contributed by atoms with Crippen molar-refractivity contribution in [3.05, 3.63) is 29.8 Å². The molecule has 4 heteroatoms. The summed E-state index contributed by atoms with van der Waals surface area (Å²) in [5.41, 5.74) is 0.193. The van der Waals surface area contributed by atoms with Gasteiger partial charge in [0.2, 0.25) is 0 Å². The topological polar surface area (TPSA) is 55.8 Å². The fourth-order valence-electron chi connectivity index (χ4n) is 1.18. The van der Waals surface area contributed by atoms with Crippen molar-refractivity contribution in [3.63, 3.8) is 0 Å². The van der Waals surface area contributed by atoms with Gasteiger partial charge >= 0.3 is 6.16 Å². The molecular formula is C13H18O4. The average Bonchev–Trinajstić information content (AvgIpc) is 2.15. The van der Waals surface area contributed by atoms with E-state index in [-0.39, 0.29) is 0 Å². The van der Waals surface area contributed by atoms with E-state index in [0.717, 1.165) is 5.56 Å². The molecule has 0 radical (unpaired) electrons. The van der Waals surface area contributed by atoms with Crippen LogP contribution in [0.3, 0.4) is 0 Å². The van der Waals surface area contributed by atoms with E-state index in [9.17, 15) is 9.90 Å². The fraction of sp³-hybridized carbons (Fsp3) is 0.462. The van der Waals surface area contributed by atoms with Gasteiger partial charge in [0.1, 0.15) is 11.4 Å². The zero-order valence-corrected chi connectivity index (χ0v) is 10.6. The smallest absolute Gasteiger partial charge is 0.428 e. The van der Waals surface area contributed by atoms with Crippen LogP contribution in [-0.4, -0.2) is 16.9 Å². The first-order valence-electron chi connectivity index (χ1n) is 5.47. The first-order chi connectivity index (χ1) is 7.78. The zero-order chi connectivity index (χ0) is 13.1. The van der Waals surface area contributed by atoms with E-state index in [1.54, 1.807) is 52.0 Å². The van der Waals surface area contributed by atoms with Gasteiger partial charge in [-0.15, -0.1) is 0 Å². The predicted octanol–water partition coefficient (Wildman–Crippen LogP) is 3.05. The van der Waals surface area contributed by atoms with Crippen LogP contribution < -0.4 is 4.74 Å². The summed E-state index contributed by atoms with van der Waals surface area (Å²) in [5, 5.41) is 9.32. The van der Waals surface area contributed by atoms with Crippen molar-refractivity contribution >= 4 is 6.16 Å². The van der Waals surface area contributed by atoms with E-state index in [1.165, 1.54) is 0 Å². The lowest BCUT2D eigenvalue weighted by Crippen LogP contribution is -2.25. The largest absolute Gasteiger partial charge is 0.514 e. The zero-order valence-electron chi connectivity index (χ0n) is 10.6. The van der Waals surface area contributed by atoms with Crippen LogP contribution in [0.5, 0.6) is 5.75 Å². The second-order valence-corrected chi connectivity index (χ2v) is 4.81. The number of carbonyl (C=O) groups is 1. The molecule has 0 fully saturated rings. The molecule has 1 aromatic carbocycles. The highest BCUT2D eigenvalue weighted by Gasteiger charge is 2.17. The van der Waals surface area contributed by atoms with Gasteiger partial charge in [-0.05, 0) is 45.4 Å². The van der Waals surface area contributed by atoms with Crippen LogP contribution in [0.1, 0.15) is 39.4 Å². The number of carbonyl (C=O) groups excluding carboxylic acids is 1. The van der Waals surface area contributed by atoms with Gasteiger partial charge in [0.25, 0.3) is 0 Å².